The van der Waals surface area contributed by atoms with Crippen molar-refractivity contribution in [1.82, 2.24) is 14.8 Å². The minimum absolute atomic E-state index is 0.139. The predicted molar refractivity (Wildman–Crippen MR) is 126 cm³/mol. The number of halogens is 3. The molecule has 0 saturated carbocycles. The number of nitrogens with zero attached hydrogens (tertiary/aromatic N) is 3. The Morgan fingerprint density at radius 1 is 1.09 bits per heavy atom. The zero-order valence-corrected chi connectivity index (χ0v) is 19.5. The molecule has 1 N–H and O–H groups in total. The fourth-order valence-electron chi connectivity index (χ4n) is 3.22. The lowest BCUT2D eigenvalue weighted by atomic mass is 10.1. The Balaban J connectivity index is 1.55. The number of anilines is 1. The number of aromatic nitrogens is 3. The molecule has 0 fully saturated rings. The molecule has 6 nitrogen and oxygen atoms in total. The number of thioether (sulfide) groups is 1. The summed E-state index contributed by atoms with van der Waals surface area (Å²) in [6, 6.07) is 16.1. The molecule has 4 rings (SSSR count). The fourth-order valence-corrected chi connectivity index (χ4v) is 4.70. The van der Waals surface area contributed by atoms with Crippen LogP contribution in [0, 0.1) is 0 Å². The maximum atomic E-state index is 13.2. The van der Waals surface area contributed by atoms with Gasteiger partial charge in [-0.05, 0) is 47.8 Å². The first-order valence-electron chi connectivity index (χ1n) is 10.0. The van der Waals surface area contributed by atoms with Crippen molar-refractivity contribution in [2.45, 2.75) is 17.8 Å². The minimum atomic E-state index is -4.57. The Morgan fingerprint density at radius 3 is 2.53 bits per heavy atom. The van der Waals surface area contributed by atoms with Gasteiger partial charge in [-0.25, -0.2) is 0 Å². The van der Waals surface area contributed by atoms with Crippen molar-refractivity contribution in [2.24, 2.45) is 0 Å². The molecule has 0 aliphatic carbocycles. The quantitative estimate of drug-likeness (QED) is 0.313. The Labute approximate surface area is 201 Å². The molecule has 2 aromatic heterocycles. The molecule has 0 radical (unpaired) electrons. The van der Waals surface area contributed by atoms with Crippen molar-refractivity contribution < 1.29 is 22.7 Å². The van der Waals surface area contributed by atoms with Crippen LogP contribution in [0.1, 0.15) is 16.3 Å². The van der Waals surface area contributed by atoms with Crippen molar-refractivity contribution in [3.63, 3.8) is 0 Å². The van der Waals surface area contributed by atoms with Crippen molar-refractivity contribution in [2.75, 3.05) is 18.2 Å². The maximum Gasteiger partial charge on any atom is 0.418 e. The summed E-state index contributed by atoms with van der Waals surface area (Å²) in [7, 11) is 1.58. The highest BCUT2D eigenvalue weighted by atomic mass is 32.2. The molecular formula is C23H19F3N4O2S2. The van der Waals surface area contributed by atoms with Crippen LogP contribution in [-0.2, 0) is 17.4 Å². The predicted octanol–water partition coefficient (Wildman–Crippen LogP) is 5.68. The van der Waals surface area contributed by atoms with Gasteiger partial charge in [0.05, 0.1) is 24.1 Å². The van der Waals surface area contributed by atoms with Gasteiger partial charge in [-0.2, -0.15) is 13.2 Å². The maximum absolute atomic E-state index is 13.2. The van der Waals surface area contributed by atoms with Gasteiger partial charge in [0.15, 0.2) is 5.16 Å². The summed E-state index contributed by atoms with van der Waals surface area (Å²) in [6.07, 6.45) is -4.02. The van der Waals surface area contributed by atoms with E-state index in [2.05, 4.69) is 15.5 Å². The Morgan fingerprint density at radius 2 is 1.85 bits per heavy atom. The summed E-state index contributed by atoms with van der Waals surface area (Å²) in [5.41, 5.74) is -0.397. The van der Waals surface area contributed by atoms with E-state index in [4.69, 9.17) is 4.74 Å². The highest BCUT2D eigenvalue weighted by molar-refractivity contribution is 7.99. The Hall–Kier alpha value is -3.31. The Bertz CT molecular complexity index is 1260. The lowest BCUT2D eigenvalue weighted by Crippen LogP contribution is -2.18. The number of benzene rings is 2. The molecule has 0 bridgehead atoms. The molecule has 0 unspecified atom stereocenters. The monoisotopic (exact) mass is 504 g/mol. The smallest absolute Gasteiger partial charge is 0.418 e. The van der Waals surface area contributed by atoms with E-state index in [9.17, 15) is 18.0 Å². The van der Waals surface area contributed by atoms with Crippen LogP contribution in [0.3, 0.4) is 0 Å². The van der Waals surface area contributed by atoms with E-state index in [0.717, 1.165) is 28.4 Å². The number of para-hydroxylation sites is 1. The first-order chi connectivity index (χ1) is 16.3. The van der Waals surface area contributed by atoms with Crippen LogP contribution in [0.2, 0.25) is 0 Å². The molecule has 0 aliphatic heterocycles. The van der Waals surface area contributed by atoms with Gasteiger partial charge in [0.1, 0.15) is 11.6 Å². The molecule has 34 heavy (non-hydrogen) atoms. The largest absolute Gasteiger partial charge is 0.497 e. The van der Waals surface area contributed by atoms with Gasteiger partial charge in [0.2, 0.25) is 5.91 Å². The third-order valence-electron chi connectivity index (χ3n) is 4.78. The molecule has 0 atom stereocenters. The number of hydrogen-bond acceptors (Lipinski definition) is 6. The molecule has 2 heterocycles. The number of amides is 1. The van der Waals surface area contributed by atoms with E-state index in [1.807, 2.05) is 34.2 Å². The molecule has 176 valence electrons. The Kier molecular flexibility index (Phi) is 7.23. The van der Waals surface area contributed by atoms with E-state index < -0.39 is 17.6 Å². The summed E-state index contributed by atoms with van der Waals surface area (Å²) < 4.78 is 46.7. The van der Waals surface area contributed by atoms with Crippen LogP contribution >= 0.6 is 23.1 Å². The van der Waals surface area contributed by atoms with Crippen LogP contribution in [0.5, 0.6) is 5.75 Å². The zero-order chi connectivity index (χ0) is 24.1. The summed E-state index contributed by atoms with van der Waals surface area (Å²) in [4.78, 5) is 13.6. The molecule has 0 spiro atoms. The van der Waals surface area contributed by atoms with Gasteiger partial charge in [0, 0.05) is 17.0 Å². The van der Waals surface area contributed by atoms with Crippen molar-refractivity contribution >= 4 is 34.7 Å². The number of thiophene rings is 1. The minimum Gasteiger partial charge on any atom is -0.497 e. The molecule has 0 saturated heterocycles. The van der Waals surface area contributed by atoms with Crippen molar-refractivity contribution in [3.05, 3.63) is 82.3 Å². The van der Waals surface area contributed by atoms with E-state index in [1.165, 1.54) is 18.2 Å². The molecule has 4 aromatic rings. The average molecular weight is 505 g/mol. The van der Waals surface area contributed by atoms with E-state index >= 15 is 0 Å². The number of hydrogen-bond donors (Lipinski definition) is 1. The topological polar surface area (TPSA) is 69.0 Å². The van der Waals surface area contributed by atoms with Crippen LogP contribution in [0.15, 0.2) is 71.2 Å². The van der Waals surface area contributed by atoms with Gasteiger partial charge in [-0.15, -0.1) is 21.5 Å². The van der Waals surface area contributed by atoms with Crippen molar-refractivity contribution in [1.29, 1.82) is 0 Å². The molecular weight excluding hydrogens is 485 g/mol. The van der Waals surface area contributed by atoms with E-state index in [0.29, 0.717) is 23.2 Å². The highest BCUT2D eigenvalue weighted by Crippen LogP contribution is 2.34. The van der Waals surface area contributed by atoms with E-state index in [-0.39, 0.29) is 11.4 Å². The molecule has 2 aromatic carbocycles. The van der Waals surface area contributed by atoms with Crippen LogP contribution in [0.4, 0.5) is 18.9 Å². The number of nitrogens with one attached hydrogen (secondary N) is 1. The van der Waals surface area contributed by atoms with Gasteiger partial charge < -0.3 is 10.1 Å². The molecule has 0 aliphatic rings. The van der Waals surface area contributed by atoms with Crippen molar-refractivity contribution in [3.8, 4) is 11.4 Å². The SMILES string of the molecule is COc1ccc(-n2c(Cc3cccs3)nnc2SCC(=O)Nc2ccccc2C(F)(F)F)cc1. The second kappa shape index (κ2) is 10.3. The first-order valence-corrected chi connectivity index (χ1v) is 11.9. The summed E-state index contributed by atoms with van der Waals surface area (Å²) in [5, 5.41) is 13.3. The van der Waals surface area contributed by atoms with Crippen LogP contribution in [-0.4, -0.2) is 33.5 Å². The second-order valence-electron chi connectivity index (χ2n) is 7.07. The summed E-state index contributed by atoms with van der Waals surface area (Å²) >= 11 is 2.69. The van der Waals surface area contributed by atoms with Gasteiger partial charge in [0.25, 0.3) is 0 Å². The van der Waals surface area contributed by atoms with Crippen LogP contribution < -0.4 is 10.1 Å². The third kappa shape index (κ3) is 5.60. The molecule has 11 heteroatoms. The van der Waals surface area contributed by atoms with Gasteiger partial charge in [-0.3, -0.25) is 9.36 Å². The highest BCUT2D eigenvalue weighted by Gasteiger charge is 2.33. The van der Waals surface area contributed by atoms with Gasteiger partial charge >= 0.3 is 6.18 Å². The fraction of sp³-hybridized carbons (Fsp3) is 0.174. The van der Waals surface area contributed by atoms with Gasteiger partial charge in [-0.1, -0.05) is 30.0 Å². The number of ether oxygens (including phenoxy) is 1. The van der Waals surface area contributed by atoms with Crippen LogP contribution in [0.25, 0.3) is 5.69 Å². The number of methoxy groups -OCH3 is 1. The first kappa shape index (κ1) is 23.8. The standard InChI is InChI=1S/C23H19F3N4O2S2/c1-32-16-10-8-15(9-11-16)30-20(13-17-5-4-12-33-17)28-29-22(30)34-14-21(31)27-19-7-3-2-6-18(19)23(24,25)26/h2-12H,13-14H2,1H3,(H,27,31). The lowest BCUT2D eigenvalue weighted by molar-refractivity contribution is -0.137. The number of rotatable bonds is 8. The average Bonchev–Trinajstić information content (AvgIpc) is 3.48. The summed E-state index contributed by atoms with van der Waals surface area (Å²) in [5.74, 6) is 0.650. The molecule has 1 amide bonds. The number of alkyl halides is 3. The third-order valence-corrected chi connectivity index (χ3v) is 6.59. The number of carbonyl (C=O) groups is 1. The zero-order valence-electron chi connectivity index (χ0n) is 17.9. The normalized spacial score (nSPS) is 11.4. The lowest BCUT2D eigenvalue weighted by Gasteiger charge is -2.13. The van der Waals surface area contributed by atoms with E-state index in [1.54, 1.807) is 30.6 Å². The summed E-state index contributed by atoms with van der Waals surface area (Å²) in [6.45, 7) is 0. The second-order valence-corrected chi connectivity index (χ2v) is 9.04. The number of carbonyl (C=O) groups excluding carboxylic acids is 1.